The van der Waals surface area contributed by atoms with Crippen molar-refractivity contribution in [2.45, 2.75) is 25.2 Å². The number of hydrogen-bond donors (Lipinski definition) is 2. The second-order valence-electron chi connectivity index (χ2n) is 6.56. The number of carbonyl (C=O) groups excluding carboxylic acids is 1. The van der Waals surface area contributed by atoms with Gasteiger partial charge in [0.15, 0.2) is 21.3 Å². The lowest BCUT2D eigenvalue weighted by Crippen LogP contribution is -2.42. The van der Waals surface area contributed by atoms with Crippen LogP contribution in [0.5, 0.6) is 0 Å². The van der Waals surface area contributed by atoms with Crippen LogP contribution in [0.1, 0.15) is 21.8 Å². The molecule has 1 saturated heterocycles. The van der Waals surface area contributed by atoms with Gasteiger partial charge in [-0.05, 0) is 12.6 Å². The van der Waals surface area contributed by atoms with Crippen molar-refractivity contribution in [1.82, 2.24) is 15.4 Å². The van der Waals surface area contributed by atoms with E-state index in [-0.39, 0.29) is 17.2 Å². The van der Waals surface area contributed by atoms with Crippen molar-refractivity contribution in [3.05, 3.63) is 53.4 Å². The van der Waals surface area contributed by atoms with Crippen molar-refractivity contribution in [3.8, 4) is 0 Å². The van der Waals surface area contributed by atoms with Gasteiger partial charge in [-0.25, -0.2) is 8.42 Å². The van der Waals surface area contributed by atoms with Gasteiger partial charge in [0.2, 0.25) is 0 Å². The molecule has 0 aliphatic carbocycles. The number of aliphatic hydroxyl groups is 1. The van der Waals surface area contributed by atoms with Crippen LogP contribution in [0.4, 0.5) is 0 Å². The first kappa shape index (κ1) is 18.6. The van der Waals surface area contributed by atoms with Gasteiger partial charge in [-0.3, -0.25) is 9.69 Å². The second-order valence-corrected chi connectivity index (χ2v) is 8.71. The Balaban J connectivity index is 1.56. The number of hydrogen-bond acceptors (Lipinski definition) is 7. The van der Waals surface area contributed by atoms with Crippen LogP contribution in [0.3, 0.4) is 0 Å². The summed E-state index contributed by atoms with van der Waals surface area (Å²) in [5.74, 6) is -0.656. The van der Waals surface area contributed by atoms with Gasteiger partial charge < -0.3 is 14.9 Å². The first-order chi connectivity index (χ1) is 12.3. The van der Waals surface area contributed by atoms with Gasteiger partial charge in [0.05, 0.1) is 30.2 Å². The predicted octanol–water partition coefficient (Wildman–Crippen LogP) is 0.194. The third kappa shape index (κ3) is 4.69. The molecule has 1 aliphatic rings. The van der Waals surface area contributed by atoms with E-state index >= 15 is 0 Å². The SMILES string of the molecule is CN(Cc1ccccc1)Cc1cc(C(=O)N[C@@H]2CS(=O)(=O)C[C@H]2O)no1. The zero-order valence-electron chi connectivity index (χ0n) is 14.3. The van der Waals surface area contributed by atoms with Crippen LogP contribution in [0.2, 0.25) is 0 Å². The Kier molecular flexibility index (Phi) is 5.40. The molecule has 0 spiro atoms. The first-order valence-electron chi connectivity index (χ1n) is 8.20. The van der Waals surface area contributed by atoms with Gasteiger partial charge in [0.1, 0.15) is 0 Å². The number of amides is 1. The summed E-state index contributed by atoms with van der Waals surface area (Å²) < 4.78 is 28.2. The molecule has 2 atom stereocenters. The van der Waals surface area contributed by atoms with Crippen molar-refractivity contribution >= 4 is 15.7 Å². The van der Waals surface area contributed by atoms with E-state index in [0.717, 1.165) is 12.1 Å². The third-order valence-electron chi connectivity index (χ3n) is 4.15. The topological polar surface area (TPSA) is 113 Å². The van der Waals surface area contributed by atoms with Gasteiger partial charge in [-0.15, -0.1) is 0 Å². The van der Waals surface area contributed by atoms with Gasteiger partial charge >= 0.3 is 0 Å². The summed E-state index contributed by atoms with van der Waals surface area (Å²) in [7, 11) is -1.40. The van der Waals surface area contributed by atoms with E-state index in [9.17, 15) is 18.3 Å². The summed E-state index contributed by atoms with van der Waals surface area (Å²) in [6.45, 7) is 1.19. The summed E-state index contributed by atoms with van der Waals surface area (Å²) in [6, 6.07) is 10.6. The number of nitrogens with zero attached hydrogens (tertiary/aromatic N) is 2. The summed E-state index contributed by atoms with van der Waals surface area (Å²) in [6.07, 6.45) is -1.10. The quantitative estimate of drug-likeness (QED) is 0.737. The van der Waals surface area contributed by atoms with E-state index in [1.54, 1.807) is 0 Å². The Hall–Kier alpha value is -2.23. The molecule has 0 bridgehead atoms. The average molecular weight is 379 g/mol. The molecule has 1 amide bonds. The highest BCUT2D eigenvalue weighted by Gasteiger charge is 2.37. The molecule has 9 heteroatoms. The maximum atomic E-state index is 12.2. The molecule has 1 fully saturated rings. The zero-order chi connectivity index (χ0) is 18.7. The van der Waals surface area contributed by atoms with Crippen LogP contribution in [-0.2, 0) is 22.9 Å². The van der Waals surface area contributed by atoms with Crippen LogP contribution in [-0.4, -0.2) is 60.2 Å². The summed E-state index contributed by atoms with van der Waals surface area (Å²) >= 11 is 0. The minimum atomic E-state index is -3.33. The van der Waals surface area contributed by atoms with E-state index in [2.05, 4.69) is 10.5 Å². The van der Waals surface area contributed by atoms with E-state index in [1.165, 1.54) is 6.07 Å². The molecule has 1 aromatic heterocycles. The molecule has 140 valence electrons. The van der Waals surface area contributed by atoms with Crippen LogP contribution >= 0.6 is 0 Å². The Morgan fingerprint density at radius 2 is 2.04 bits per heavy atom. The lowest BCUT2D eigenvalue weighted by Gasteiger charge is -2.14. The maximum absolute atomic E-state index is 12.2. The van der Waals surface area contributed by atoms with Gasteiger partial charge in [-0.2, -0.15) is 0 Å². The molecule has 2 aromatic rings. The highest BCUT2D eigenvalue weighted by Crippen LogP contribution is 2.14. The Bertz CT molecular complexity index is 866. The fraction of sp³-hybridized carbons (Fsp3) is 0.412. The molecule has 0 unspecified atom stereocenters. The Morgan fingerprint density at radius 1 is 1.31 bits per heavy atom. The highest BCUT2D eigenvalue weighted by atomic mass is 32.2. The largest absolute Gasteiger partial charge is 0.390 e. The summed E-state index contributed by atoms with van der Waals surface area (Å²) in [5.41, 5.74) is 1.22. The fourth-order valence-electron chi connectivity index (χ4n) is 2.92. The van der Waals surface area contributed by atoms with Crippen LogP contribution in [0.25, 0.3) is 0 Å². The number of rotatable bonds is 6. The minimum absolute atomic E-state index is 0.0598. The minimum Gasteiger partial charge on any atom is -0.390 e. The van der Waals surface area contributed by atoms with E-state index in [0.29, 0.717) is 12.3 Å². The lowest BCUT2D eigenvalue weighted by molar-refractivity contribution is 0.0879. The van der Waals surface area contributed by atoms with Gasteiger partial charge in [0.25, 0.3) is 5.91 Å². The zero-order valence-corrected chi connectivity index (χ0v) is 15.1. The highest BCUT2D eigenvalue weighted by molar-refractivity contribution is 7.91. The van der Waals surface area contributed by atoms with E-state index < -0.39 is 27.9 Å². The van der Waals surface area contributed by atoms with Crippen molar-refractivity contribution < 1.29 is 22.8 Å². The average Bonchev–Trinajstić information content (AvgIpc) is 3.12. The lowest BCUT2D eigenvalue weighted by atomic mass is 10.2. The fourth-order valence-corrected chi connectivity index (χ4v) is 4.66. The Labute approximate surface area is 151 Å². The van der Waals surface area contributed by atoms with E-state index in [1.807, 2.05) is 42.3 Å². The molecular weight excluding hydrogens is 358 g/mol. The molecule has 26 heavy (non-hydrogen) atoms. The van der Waals surface area contributed by atoms with Gasteiger partial charge in [-0.1, -0.05) is 35.5 Å². The molecular formula is C17H21N3O5S. The maximum Gasteiger partial charge on any atom is 0.273 e. The molecule has 0 saturated carbocycles. The summed E-state index contributed by atoms with van der Waals surface area (Å²) in [4.78, 5) is 14.2. The number of carbonyl (C=O) groups is 1. The number of benzene rings is 1. The van der Waals surface area contributed by atoms with Crippen LogP contribution in [0, 0.1) is 0 Å². The van der Waals surface area contributed by atoms with Crippen LogP contribution in [0.15, 0.2) is 40.9 Å². The molecule has 8 nitrogen and oxygen atoms in total. The van der Waals surface area contributed by atoms with E-state index in [4.69, 9.17) is 4.52 Å². The van der Waals surface area contributed by atoms with Gasteiger partial charge in [0, 0.05) is 12.6 Å². The molecule has 0 radical (unpaired) electrons. The number of aliphatic hydroxyl groups excluding tert-OH is 1. The predicted molar refractivity (Wildman–Crippen MR) is 94.0 cm³/mol. The number of nitrogens with one attached hydrogen (secondary N) is 1. The third-order valence-corrected chi connectivity index (χ3v) is 5.87. The molecule has 1 aliphatic heterocycles. The molecule has 2 N–H and O–H groups in total. The second kappa shape index (κ2) is 7.56. The Morgan fingerprint density at radius 3 is 2.69 bits per heavy atom. The monoisotopic (exact) mass is 379 g/mol. The normalized spacial score (nSPS) is 21.8. The molecule has 3 rings (SSSR count). The molecule has 2 heterocycles. The van der Waals surface area contributed by atoms with Crippen molar-refractivity contribution in [1.29, 1.82) is 0 Å². The standard InChI is InChI=1S/C17H21N3O5S/c1-20(8-12-5-3-2-4-6-12)9-13-7-14(19-25-13)17(22)18-15-10-26(23,24)11-16(15)21/h2-7,15-16,21H,8-11H2,1H3,(H,18,22)/t15-,16-/m1/s1. The smallest absolute Gasteiger partial charge is 0.273 e. The van der Waals surface area contributed by atoms with Crippen LogP contribution < -0.4 is 5.32 Å². The van der Waals surface area contributed by atoms with Crippen molar-refractivity contribution in [2.24, 2.45) is 0 Å². The summed E-state index contributed by atoms with van der Waals surface area (Å²) in [5, 5.41) is 16.0. The molecule has 1 aromatic carbocycles. The number of aromatic nitrogens is 1. The van der Waals surface area contributed by atoms with Crippen molar-refractivity contribution in [2.75, 3.05) is 18.6 Å². The van der Waals surface area contributed by atoms with Crippen molar-refractivity contribution in [3.63, 3.8) is 0 Å². The first-order valence-corrected chi connectivity index (χ1v) is 10.0. The number of sulfone groups is 1.